The number of nitrogens with one attached hydrogen (secondary N) is 1. The van der Waals surface area contributed by atoms with Gasteiger partial charge in [0.1, 0.15) is 0 Å². The molecule has 0 atom stereocenters. The summed E-state index contributed by atoms with van der Waals surface area (Å²) in [4.78, 5) is 0. The molecule has 0 heterocycles. The highest BCUT2D eigenvalue weighted by molar-refractivity contribution is 5.39. The second kappa shape index (κ2) is 10.1. The Morgan fingerprint density at radius 3 is 1.57 bits per heavy atom. The van der Waals surface area contributed by atoms with Crippen molar-refractivity contribution in [2.75, 3.05) is 7.05 Å². The van der Waals surface area contributed by atoms with Crippen molar-refractivity contribution in [1.29, 1.82) is 0 Å². The van der Waals surface area contributed by atoms with Crippen LogP contribution in [0.2, 0.25) is 0 Å². The smallest absolute Gasteiger partial charge is 0.0130 e. The lowest BCUT2D eigenvalue weighted by Gasteiger charge is -2.39. The summed E-state index contributed by atoms with van der Waals surface area (Å²) in [5, 5.41) is 3.41. The molecule has 136 valence electrons. The Labute approximate surface area is 147 Å². The molecule has 0 aromatic carbocycles. The van der Waals surface area contributed by atoms with Gasteiger partial charge in [0.2, 0.25) is 0 Å². The van der Waals surface area contributed by atoms with E-state index < -0.39 is 0 Å². The first-order valence-electron chi connectivity index (χ1n) is 9.16. The van der Waals surface area contributed by atoms with E-state index in [1.165, 1.54) is 17.6 Å². The molecule has 1 heteroatoms. The zero-order valence-corrected chi connectivity index (χ0v) is 17.7. The molecule has 0 aliphatic carbocycles. The van der Waals surface area contributed by atoms with Crippen molar-refractivity contribution < 1.29 is 0 Å². The molecule has 0 aromatic rings. The van der Waals surface area contributed by atoms with Crippen LogP contribution < -0.4 is 5.32 Å². The fourth-order valence-corrected chi connectivity index (χ4v) is 3.55. The van der Waals surface area contributed by atoms with E-state index in [9.17, 15) is 0 Å². The van der Waals surface area contributed by atoms with Crippen LogP contribution in [-0.2, 0) is 0 Å². The van der Waals surface area contributed by atoms with Gasteiger partial charge in [0.05, 0.1) is 0 Å². The summed E-state index contributed by atoms with van der Waals surface area (Å²) in [7, 11) is 2.03. The van der Waals surface area contributed by atoms with Crippen LogP contribution >= 0.6 is 0 Å². The van der Waals surface area contributed by atoms with E-state index in [1.54, 1.807) is 0 Å². The Morgan fingerprint density at radius 2 is 1.26 bits per heavy atom. The summed E-state index contributed by atoms with van der Waals surface area (Å²) in [5.41, 5.74) is 2.97. The van der Waals surface area contributed by atoms with Gasteiger partial charge in [0, 0.05) is 5.54 Å². The molecule has 0 spiro atoms. The molecule has 0 amide bonds. The monoisotopic (exact) mass is 321 g/mol. The number of rotatable bonds is 9. The van der Waals surface area contributed by atoms with E-state index in [4.69, 9.17) is 0 Å². The fraction of sp³-hybridized carbons (Fsp3) is 0.727. The van der Waals surface area contributed by atoms with Gasteiger partial charge in [0.25, 0.3) is 0 Å². The summed E-state index contributed by atoms with van der Waals surface area (Å²) in [6.45, 7) is 28.2. The van der Waals surface area contributed by atoms with Gasteiger partial charge in [-0.15, -0.1) is 0 Å². The highest BCUT2D eigenvalue weighted by Gasteiger charge is 2.34. The lowest BCUT2D eigenvalue weighted by Crippen LogP contribution is -2.41. The highest BCUT2D eigenvalue weighted by atomic mass is 14.9. The zero-order valence-electron chi connectivity index (χ0n) is 17.7. The number of allylic oxidation sites excluding steroid dienone is 4. The van der Waals surface area contributed by atoms with Crippen LogP contribution in [0.5, 0.6) is 0 Å². The maximum atomic E-state index is 4.10. The minimum atomic E-state index is 0.0583. The van der Waals surface area contributed by atoms with Gasteiger partial charge in [-0.25, -0.2) is 0 Å². The van der Waals surface area contributed by atoms with Crippen molar-refractivity contribution in [1.82, 2.24) is 5.32 Å². The van der Waals surface area contributed by atoms with Gasteiger partial charge in [0.15, 0.2) is 0 Å². The minimum absolute atomic E-state index is 0.0583. The molecule has 0 rings (SSSR count). The Bertz CT molecular complexity index is 394. The fourth-order valence-electron chi connectivity index (χ4n) is 3.55. The second-order valence-corrected chi connectivity index (χ2v) is 8.06. The van der Waals surface area contributed by atoms with Crippen LogP contribution in [0.1, 0.15) is 81.6 Å². The van der Waals surface area contributed by atoms with E-state index >= 15 is 0 Å². The van der Waals surface area contributed by atoms with E-state index in [0.717, 1.165) is 12.8 Å². The maximum absolute atomic E-state index is 4.10. The summed E-state index contributed by atoms with van der Waals surface area (Å²) in [6.07, 6.45) is 7.48. The molecule has 0 radical (unpaired) electrons. The maximum Gasteiger partial charge on any atom is 0.0130 e. The molecule has 0 fully saturated rings. The van der Waals surface area contributed by atoms with Crippen molar-refractivity contribution in [2.45, 2.75) is 87.1 Å². The third-order valence-electron chi connectivity index (χ3n) is 4.59. The molecule has 1 N–H and O–H groups in total. The van der Waals surface area contributed by atoms with Gasteiger partial charge >= 0.3 is 0 Å². The average molecular weight is 322 g/mol. The van der Waals surface area contributed by atoms with Crippen LogP contribution in [0, 0.1) is 10.8 Å². The predicted octanol–water partition coefficient (Wildman–Crippen LogP) is 6.92. The van der Waals surface area contributed by atoms with Gasteiger partial charge < -0.3 is 5.32 Å². The molecule has 23 heavy (non-hydrogen) atoms. The van der Waals surface area contributed by atoms with E-state index in [-0.39, 0.29) is 16.4 Å². The Balaban J connectivity index is 0. The third-order valence-corrected chi connectivity index (χ3v) is 4.59. The summed E-state index contributed by atoms with van der Waals surface area (Å²) in [6, 6.07) is 0. The van der Waals surface area contributed by atoms with Crippen LogP contribution in [0.25, 0.3) is 0 Å². The predicted molar refractivity (Wildman–Crippen MR) is 109 cm³/mol. The standard InChI is InChI=1S/C20H37N.C2H6/c1-11-14-18(4,5)16(12-2)17(13-3)19(6,7)15-20(8,9)21-10;1-2/h12-13,21H,2-3,11,14-15H2,1,4-10H3;1-2H3/b17-16-;. The molecule has 1 nitrogen and oxygen atoms in total. The molecule has 0 unspecified atom stereocenters. The van der Waals surface area contributed by atoms with Gasteiger partial charge in [-0.1, -0.05) is 80.2 Å². The second-order valence-electron chi connectivity index (χ2n) is 8.06. The van der Waals surface area contributed by atoms with Gasteiger partial charge in [-0.2, -0.15) is 0 Å². The van der Waals surface area contributed by atoms with Crippen LogP contribution in [0.3, 0.4) is 0 Å². The van der Waals surface area contributed by atoms with Crippen molar-refractivity contribution in [2.24, 2.45) is 10.8 Å². The molecule has 0 aromatic heterocycles. The lowest BCUT2D eigenvalue weighted by atomic mass is 9.68. The number of hydrogen-bond acceptors (Lipinski definition) is 1. The molecule has 0 saturated carbocycles. The van der Waals surface area contributed by atoms with Crippen molar-refractivity contribution in [3.8, 4) is 0 Å². The van der Waals surface area contributed by atoms with Gasteiger partial charge in [-0.3, -0.25) is 0 Å². The lowest BCUT2D eigenvalue weighted by molar-refractivity contribution is 0.268. The zero-order chi connectivity index (χ0) is 18.9. The van der Waals surface area contributed by atoms with Crippen LogP contribution in [-0.4, -0.2) is 12.6 Å². The topological polar surface area (TPSA) is 12.0 Å². The minimum Gasteiger partial charge on any atom is -0.315 e. The first-order valence-corrected chi connectivity index (χ1v) is 9.16. The Kier molecular flexibility index (Phi) is 10.8. The average Bonchev–Trinajstić information content (AvgIpc) is 2.44. The van der Waals surface area contributed by atoms with Crippen molar-refractivity contribution in [3.63, 3.8) is 0 Å². The molecular weight excluding hydrogens is 278 g/mol. The summed E-state index contributed by atoms with van der Waals surface area (Å²) < 4.78 is 0. The first-order chi connectivity index (χ1) is 10.5. The molecule has 0 saturated heterocycles. The summed E-state index contributed by atoms with van der Waals surface area (Å²) >= 11 is 0. The third kappa shape index (κ3) is 7.52. The van der Waals surface area contributed by atoms with Gasteiger partial charge in [-0.05, 0) is 55.7 Å². The number of hydrogen-bond donors (Lipinski definition) is 1. The van der Waals surface area contributed by atoms with Crippen molar-refractivity contribution in [3.05, 3.63) is 36.5 Å². The first kappa shape index (κ1) is 24.4. The quantitative estimate of drug-likeness (QED) is 0.454. The Morgan fingerprint density at radius 1 is 0.870 bits per heavy atom. The van der Waals surface area contributed by atoms with Crippen LogP contribution in [0.15, 0.2) is 36.5 Å². The van der Waals surface area contributed by atoms with E-state index in [0.29, 0.717) is 0 Å². The molecule has 0 aliphatic heterocycles. The Hall–Kier alpha value is -0.820. The van der Waals surface area contributed by atoms with E-state index in [2.05, 4.69) is 66.9 Å². The van der Waals surface area contributed by atoms with E-state index in [1.807, 2.05) is 33.0 Å². The largest absolute Gasteiger partial charge is 0.315 e. The highest BCUT2D eigenvalue weighted by Crippen LogP contribution is 2.43. The van der Waals surface area contributed by atoms with Crippen molar-refractivity contribution >= 4 is 0 Å². The normalized spacial score (nSPS) is 13.7. The summed E-state index contributed by atoms with van der Waals surface area (Å²) in [5.74, 6) is 0. The van der Waals surface area contributed by atoms with Crippen LogP contribution in [0.4, 0.5) is 0 Å². The molecule has 0 aliphatic rings. The molecular formula is C22H43N. The SMILES string of the molecule is C=C/C(=C(\C=C)C(C)(C)CC(C)(C)NC)C(C)(C)CCC.CC. The molecule has 0 bridgehead atoms.